The number of hydrogen-bond donors (Lipinski definition) is 0. The summed E-state index contributed by atoms with van der Waals surface area (Å²) in [7, 11) is 0. The molecule has 0 saturated carbocycles. The topological polar surface area (TPSA) is 13.0 Å². The van der Waals surface area contributed by atoms with Gasteiger partial charge in [-0.05, 0) is 224 Å². The molecule has 0 aliphatic heterocycles. The molecule has 0 bridgehead atoms. The number of nitrogens with zero attached hydrogens (tertiary/aromatic N) is 4. The molecular weight excluding hydrogens is 1140 g/mol. The van der Waals surface area contributed by atoms with Crippen molar-refractivity contribution in [1.82, 2.24) is 0 Å². The summed E-state index contributed by atoms with van der Waals surface area (Å²) in [6, 6.07) is 139. The van der Waals surface area contributed by atoms with Crippen LogP contribution in [0.1, 0.15) is 33.4 Å². The third-order valence-electron chi connectivity index (χ3n) is 17.5. The highest BCUT2D eigenvalue weighted by molar-refractivity contribution is 6.17. The van der Waals surface area contributed by atoms with Crippen molar-refractivity contribution in [3.8, 4) is 0 Å². The van der Waals surface area contributed by atoms with Crippen LogP contribution in [0.15, 0.2) is 388 Å². The monoisotopic (exact) mass is 1200 g/mol. The molecule has 94 heavy (non-hydrogen) atoms. The van der Waals surface area contributed by atoms with Crippen LogP contribution in [-0.2, 0) is 0 Å². The molecule has 0 fully saturated rings. The Balaban J connectivity index is 0.909. The van der Waals surface area contributed by atoms with Gasteiger partial charge in [-0.2, -0.15) is 0 Å². The van der Waals surface area contributed by atoms with E-state index in [-0.39, 0.29) is 0 Å². The molecule has 0 aliphatic carbocycles. The summed E-state index contributed by atoms with van der Waals surface area (Å²) >= 11 is 0. The lowest BCUT2D eigenvalue weighted by atomic mass is 9.86. The molecule has 0 aromatic heterocycles. The van der Waals surface area contributed by atoms with Crippen LogP contribution in [0, 0.1) is 0 Å². The van der Waals surface area contributed by atoms with Crippen molar-refractivity contribution in [2.75, 3.05) is 19.6 Å². The molecule has 0 N–H and O–H groups in total. The van der Waals surface area contributed by atoms with Gasteiger partial charge in [-0.25, -0.2) is 0 Å². The SMILES string of the molecule is C(=C(c1ccc(N(c2ccccc2)c2ccccc2)cc1)c1ccc(N(c2ccccc2)c2ccccc2)cc1)c1c2ccccc2c(C=C(c2ccc(N(c3ccccc3)c3ccccc3)cc2)c2ccc(N(c3ccccc3)c3ccccc3)cc2)c2ccccc12. The quantitative estimate of drug-likeness (QED) is 0.0627. The minimum absolute atomic E-state index is 1.07. The van der Waals surface area contributed by atoms with Crippen LogP contribution in [0.2, 0.25) is 0 Å². The van der Waals surface area contributed by atoms with E-state index >= 15 is 0 Å². The smallest absolute Gasteiger partial charge is 0.0462 e. The molecule has 0 atom stereocenters. The summed E-state index contributed by atoms with van der Waals surface area (Å²) in [4.78, 5) is 9.29. The van der Waals surface area contributed by atoms with E-state index in [9.17, 15) is 0 Å². The first-order chi connectivity index (χ1) is 46.7. The molecule has 0 spiro atoms. The van der Waals surface area contributed by atoms with Crippen molar-refractivity contribution in [3.05, 3.63) is 422 Å². The van der Waals surface area contributed by atoms with E-state index in [1.54, 1.807) is 0 Å². The highest BCUT2D eigenvalue weighted by Crippen LogP contribution is 2.44. The Bertz CT molecular complexity index is 4250. The molecule has 15 rings (SSSR count). The Morgan fingerprint density at radius 3 is 0.447 bits per heavy atom. The maximum atomic E-state index is 2.44. The second-order valence-electron chi connectivity index (χ2n) is 23.2. The summed E-state index contributed by atoms with van der Waals surface area (Å²) in [6.07, 6.45) is 4.88. The van der Waals surface area contributed by atoms with Crippen LogP contribution >= 0.6 is 0 Å². The van der Waals surface area contributed by atoms with Crippen molar-refractivity contribution in [2.24, 2.45) is 0 Å². The Morgan fingerprint density at radius 1 is 0.149 bits per heavy atom. The molecule has 15 aromatic rings. The van der Waals surface area contributed by atoms with Gasteiger partial charge < -0.3 is 19.6 Å². The largest absolute Gasteiger partial charge is 0.311 e. The molecule has 0 unspecified atom stereocenters. The van der Waals surface area contributed by atoms with Gasteiger partial charge in [0.25, 0.3) is 0 Å². The van der Waals surface area contributed by atoms with E-state index in [1.807, 2.05) is 0 Å². The van der Waals surface area contributed by atoms with Gasteiger partial charge in [0.1, 0.15) is 0 Å². The minimum Gasteiger partial charge on any atom is -0.311 e. The van der Waals surface area contributed by atoms with Gasteiger partial charge in [-0.3, -0.25) is 0 Å². The number of rotatable bonds is 18. The number of anilines is 12. The van der Waals surface area contributed by atoms with Gasteiger partial charge in [0.15, 0.2) is 0 Å². The zero-order chi connectivity index (χ0) is 62.8. The lowest BCUT2D eigenvalue weighted by Gasteiger charge is -2.26. The van der Waals surface area contributed by atoms with E-state index in [0.717, 1.165) is 134 Å². The van der Waals surface area contributed by atoms with E-state index in [0.29, 0.717) is 0 Å². The third-order valence-corrected chi connectivity index (χ3v) is 17.5. The van der Waals surface area contributed by atoms with Gasteiger partial charge >= 0.3 is 0 Å². The maximum Gasteiger partial charge on any atom is 0.0462 e. The summed E-state index contributed by atoms with van der Waals surface area (Å²) in [5, 5.41) is 4.63. The lowest BCUT2D eigenvalue weighted by Crippen LogP contribution is -2.10. The standard InChI is InChI=1S/C90H66N4/c1-9-29-71(30-10-1)91(72-31-11-2-12-32-72)79-57-49-67(50-58-79)87(68-51-59-80(60-52-68)92(73-33-13-3-14-34-73)74-35-15-4-16-36-74)65-89-83-45-25-27-47-85(83)90(86-48-28-26-46-84(86)89)66-88(69-53-61-81(62-54-69)93(75-37-17-5-18-38-75)76-39-19-6-20-40-76)70-55-63-82(64-56-70)94(77-41-21-7-22-42-77)78-43-23-8-24-44-78/h1-66H. The van der Waals surface area contributed by atoms with Crippen LogP contribution in [-0.4, -0.2) is 0 Å². The Morgan fingerprint density at radius 2 is 0.287 bits per heavy atom. The average Bonchev–Trinajstić information content (AvgIpc) is 0.799. The van der Waals surface area contributed by atoms with E-state index in [2.05, 4.69) is 420 Å². The first-order valence-electron chi connectivity index (χ1n) is 32.1. The van der Waals surface area contributed by atoms with Crippen molar-refractivity contribution >= 4 is 113 Å². The Kier molecular flexibility index (Phi) is 16.6. The zero-order valence-corrected chi connectivity index (χ0v) is 51.9. The van der Waals surface area contributed by atoms with Crippen molar-refractivity contribution in [2.45, 2.75) is 0 Å². The van der Waals surface area contributed by atoms with E-state index in [4.69, 9.17) is 0 Å². The van der Waals surface area contributed by atoms with Crippen molar-refractivity contribution in [3.63, 3.8) is 0 Å². The molecule has 0 radical (unpaired) electrons. The van der Waals surface area contributed by atoms with Crippen molar-refractivity contribution in [1.29, 1.82) is 0 Å². The highest BCUT2D eigenvalue weighted by Gasteiger charge is 2.21. The third kappa shape index (κ3) is 12.1. The van der Waals surface area contributed by atoms with Gasteiger partial charge in [0.2, 0.25) is 0 Å². The van der Waals surface area contributed by atoms with Crippen LogP contribution in [0.5, 0.6) is 0 Å². The molecule has 4 heteroatoms. The summed E-state index contributed by atoms with van der Waals surface area (Å²) in [5.74, 6) is 0. The average molecular weight is 1200 g/mol. The van der Waals surface area contributed by atoms with Crippen LogP contribution in [0.4, 0.5) is 68.2 Å². The summed E-state index contributed by atoms with van der Waals surface area (Å²) in [6.45, 7) is 0. The molecule has 15 aromatic carbocycles. The van der Waals surface area contributed by atoms with Gasteiger partial charge in [0, 0.05) is 68.2 Å². The van der Waals surface area contributed by atoms with Crippen LogP contribution in [0.3, 0.4) is 0 Å². The molecular formula is C90H66N4. The number of benzene rings is 15. The highest BCUT2D eigenvalue weighted by atomic mass is 15.2. The molecule has 446 valence electrons. The summed E-state index contributed by atoms with van der Waals surface area (Å²) < 4.78 is 0. The molecule has 0 saturated heterocycles. The first-order valence-corrected chi connectivity index (χ1v) is 32.1. The number of fused-ring (bicyclic) bond motifs is 2. The molecule has 4 nitrogen and oxygen atoms in total. The fraction of sp³-hybridized carbons (Fsp3) is 0. The fourth-order valence-corrected chi connectivity index (χ4v) is 13.0. The zero-order valence-electron chi connectivity index (χ0n) is 51.9. The van der Waals surface area contributed by atoms with Crippen molar-refractivity contribution < 1.29 is 0 Å². The molecule has 0 aliphatic rings. The van der Waals surface area contributed by atoms with Gasteiger partial charge in [-0.1, -0.05) is 243 Å². The van der Waals surface area contributed by atoms with E-state index < -0.39 is 0 Å². The Hall–Kier alpha value is -12.5. The van der Waals surface area contributed by atoms with Gasteiger partial charge in [0.05, 0.1) is 0 Å². The van der Waals surface area contributed by atoms with Crippen LogP contribution in [0.25, 0.3) is 44.8 Å². The maximum absolute atomic E-state index is 2.44. The predicted octanol–water partition coefficient (Wildman–Crippen LogP) is 25.1. The molecule has 0 amide bonds. The van der Waals surface area contributed by atoms with Crippen LogP contribution < -0.4 is 19.6 Å². The Labute approximate surface area is 551 Å². The second-order valence-corrected chi connectivity index (χ2v) is 23.2. The normalized spacial score (nSPS) is 11.0. The number of para-hydroxylation sites is 8. The minimum atomic E-state index is 1.07. The first kappa shape index (κ1) is 57.9. The molecule has 0 heterocycles. The summed E-state index contributed by atoms with van der Waals surface area (Å²) in [5.41, 5.74) is 21.9. The lowest BCUT2D eigenvalue weighted by molar-refractivity contribution is 1.28. The second kappa shape index (κ2) is 26.9. The number of hydrogen-bond acceptors (Lipinski definition) is 4. The van der Waals surface area contributed by atoms with Gasteiger partial charge in [-0.15, -0.1) is 0 Å². The van der Waals surface area contributed by atoms with E-state index in [1.165, 1.54) is 0 Å². The fourth-order valence-electron chi connectivity index (χ4n) is 13.0. The predicted molar refractivity (Wildman–Crippen MR) is 400 cm³/mol.